The van der Waals surface area contributed by atoms with E-state index >= 15 is 0 Å². The highest BCUT2D eigenvalue weighted by molar-refractivity contribution is 6.03. The molecule has 29 heavy (non-hydrogen) atoms. The molecule has 0 bridgehead atoms. The fourth-order valence-corrected chi connectivity index (χ4v) is 4.05. The number of aryl methyl sites for hydroxylation is 3. The minimum atomic E-state index is -0.693. The zero-order valence-corrected chi connectivity index (χ0v) is 16.5. The van der Waals surface area contributed by atoms with Gasteiger partial charge in [0.2, 0.25) is 0 Å². The van der Waals surface area contributed by atoms with E-state index in [1.54, 1.807) is 0 Å². The predicted molar refractivity (Wildman–Crippen MR) is 108 cm³/mol. The van der Waals surface area contributed by atoms with Crippen molar-refractivity contribution in [1.82, 2.24) is 14.9 Å². The number of nitrogens with one attached hydrogen (secondary N) is 1. The van der Waals surface area contributed by atoms with Crippen LogP contribution >= 0.6 is 0 Å². The Bertz CT molecular complexity index is 1220. The number of nitrogens with zero attached hydrogens (tertiary/aromatic N) is 2. The summed E-state index contributed by atoms with van der Waals surface area (Å²) in [5.74, 6) is -1.68. The van der Waals surface area contributed by atoms with Crippen LogP contribution in [-0.2, 0) is 13.0 Å². The van der Waals surface area contributed by atoms with E-state index in [0.29, 0.717) is 23.9 Å². The number of aromatic hydroxyl groups is 1. The Morgan fingerprint density at radius 2 is 2.10 bits per heavy atom. The molecule has 0 saturated carbocycles. The summed E-state index contributed by atoms with van der Waals surface area (Å²) in [6.45, 7) is 5.77. The molecule has 1 aliphatic rings. The molecule has 0 aliphatic carbocycles. The van der Waals surface area contributed by atoms with E-state index < -0.39 is 23.0 Å². The van der Waals surface area contributed by atoms with Crippen molar-refractivity contribution in [2.24, 2.45) is 0 Å². The molecule has 0 spiro atoms. The summed E-state index contributed by atoms with van der Waals surface area (Å²) in [6.07, 6.45) is 1.27. The molecule has 7 heteroatoms. The molecule has 150 valence electrons. The van der Waals surface area contributed by atoms with Gasteiger partial charge in [-0.15, -0.1) is 0 Å². The van der Waals surface area contributed by atoms with Gasteiger partial charge in [0.05, 0.1) is 5.52 Å². The number of aromatic nitrogens is 2. The summed E-state index contributed by atoms with van der Waals surface area (Å²) in [7, 11) is 0. The molecule has 2 aromatic heterocycles. The Morgan fingerprint density at radius 3 is 2.83 bits per heavy atom. The Kier molecular flexibility index (Phi) is 4.61. The lowest BCUT2D eigenvalue weighted by Crippen LogP contribution is -2.36. The third-order valence-corrected chi connectivity index (χ3v) is 5.59. The molecule has 1 aliphatic heterocycles. The SMILES string of the molecule is Cc1ccc(CNC(=O)c2c(O)c3cc(F)cc4c3n(c2=O)C(C)CC4)c(C)n1. The van der Waals surface area contributed by atoms with Crippen molar-refractivity contribution in [3.05, 3.63) is 68.5 Å². The normalized spacial score (nSPS) is 15.5. The van der Waals surface area contributed by atoms with Gasteiger partial charge in [0.25, 0.3) is 11.5 Å². The number of benzene rings is 1. The maximum atomic E-state index is 14.1. The van der Waals surface area contributed by atoms with Crippen LogP contribution in [0.2, 0.25) is 0 Å². The van der Waals surface area contributed by atoms with Crippen LogP contribution in [0.4, 0.5) is 4.39 Å². The average Bonchev–Trinajstić information content (AvgIpc) is 2.66. The van der Waals surface area contributed by atoms with Crippen molar-refractivity contribution in [2.75, 3.05) is 0 Å². The Hall–Kier alpha value is -3.22. The Balaban J connectivity index is 1.80. The number of hydrogen-bond acceptors (Lipinski definition) is 4. The second-order valence-electron chi connectivity index (χ2n) is 7.63. The van der Waals surface area contributed by atoms with Crippen LogP contribution in [0.15, 0.2) is 29.1 Å². The first-order chi connectivity index (χ1) is 13.8. The van der Waals surface area contributed by atoms with Crippen LogP contribution in [0.1, 0.15) is 52.3 Å². The highest BCUT2D eigenvalue weighted by Crippen LogP contribution is 2.35. The van der Waals surface area contributed by atoms with Crippen LogP contribution in [-0.4, -0.2) is 20.6 Å². The number of halogens is 1. The number of carbonyl (C=O) groups is 1. The number of pyridine rings is 2. The minimum Gasteiger partial charge on any atom is -0.506 e. The molecule has 0 fully saturated rings. The number of rotatable bonds is 3. The quantitative estimate of drug-likeness (QED) is 0.713. The molecular formula is C22H22FN3O3. The molecule has 1 unspecified atom stereocenters. The van der Waals surface area contributed by atoms with Gasteiger partial charge in [-0.3, -0.25) is 14.6 Å². The van der Waals surface area contributed by atoms with E-state index in [1.807, 2.05) is 32.9 Å². The predicted octanol–water partition coefficient (Wildman–Crippen LogP) is 3.30. The van der Waals surface area contributed by atoms with Crippen LogP contribution in [0.3, 0.4) is 0 Å². The lowest BCUT2D eigenvalue weighted by molar-refractivity contribution is 0.0946. The summed E-state index contributed by atoms with van der Waals surface area (Å²) in [5, 5.41) is 13.6. The molecule has 6 nitrogen and oxygen atoms in total. The average molecular weight is 395 g/mol. The van der Waals surface area contributed by atoms with Crippen molar-refractivity contribution in [2.45, 2.75) is 46.2 Å². The molecule has 0 radical (unpaired) electrons. The molecular weight excluding hydrogens is 373 g/mol. The van der Waals surface area contributed by atoms with Gasteiger partial charge in [0.1, 0.15) is 17.1 Å². The molecule has 1 amide bonds. The highest BCUT2D eigenvalue weighted by atomic mass is 19.1. The number of hydrogen-bond donors (Lipinski definition) is 2. The number of amides is 1. The minimum absolute atomic E-state index is 0.154. The molecule has 4 rings (SSSR count). The lowest BCUT2D eigenvalue weighted by atomic mass is 9.95. The third kappa shape index (κ3) is 3.16. The van der Waals surface area contributed by atoms with Gasteiger partial charge in [-0.1, -0.05) is 6.07 Å². The van der Waals surface area contributed by atoms with Crippen LogP contribution in [0.25, 0.3) is 10.9 Å². The van der Waals surface area contributed by atoms with E-state index in [2.05, 4.69) is 10.3 Å². The first-order valence-corrected chi connectivity index (χ1v) is 9.59. The maximum absolute atomic E-state index is 14.1. The largest absolute Gasteiger partial charge is 0.506 e. The van der Waals surface area contributed by atoms with Gasteiger partial charge >= 0.3 is 0 Å². The fourth-order valence-electron chi connectivity index (χ4n) is 4.05. The van der Waals surface area contributed by atoms with Crippen LogP contribution in [0, 0.1) is 19.7 Å². The molecule has 1 aromatic carbocycles. The highest BCUT2D eigenvalue weighted by Gasteiger charge is 2.28. The van der Waals surface area contributed by atoms with E-state index in [-0.39, 0.29) is 23.5 Å². The second-order valence-corrected chi connectivity index (χ2v) is 7.63. The van der Waals surface area contributed by atoms with E-state index in [0.717, 1.165) is 17.0 Å². The molecule has 0 saturated heterocycles. The van der Waals surface area contributed by atoms with Gasteiger partial charge in [-0.2, -0.15) is 0 Å². The Labute approximate surface area is 167 Å². The van der Waals surface area contributed by atoms with Crippen LogP contribution < -0.4 is 10.9 Å². The standard InChI is InChI=1S/C22H22FN3O3/c1-11-4-6-15(13(3)25-11)10-24-21(28)18-20(27)17-9-16(23)8-14-7-5-12(2)26(19(14)17)22(18)29/h4,6,8-9,12,27H,5,7,10H2,1-3H3,(H,24,28). The molecule has 3 aromatic rings. The van der Waals surface area contributed by atoms with Gasteiger partial charge in [-0.25, -0.2) is 4.39 Å². The second kappa shape index (κ2) is 6.99. The first-order valence-electron chi connectivity index (χ1n) is 9.59. The summed E-state index contributed by atoms with van der Waals surface area (Å²) in [5.41, 5.74) is 2.70. The van der Waals surface area contributed by atoms with Gasteiger partial charge in [0.15, 0.2) is 0 Å². The van der Waals surface area contributed by atoms with Gasteiger partial charge < -0.3 is 15.0 Å². The molecule has 1 atom stereocenters. The van der Waals surface area contributed by atoms with Crippen molar-refractivity contribution < 1.29 is 14.3 Å². The summed E-state index contributed by atoms with van der Waals surface area (Å²) in [6, 6.07) is 6.10. The van der Waals surface area contributed by atoms with Gasteiger partial charge in [0, 0.05) is 29.4 Å². The van der Waals surface area contributed by atoms with Crippen molar-refractivity contribution in [3.8, 4) is 5.75 Å². The molecule has 2 N–H and O–H groups in total. The Morgan fingerprint density at radius 1 is 1.34 bits per heavy atom. The van der Waals surface area contributed by atoms with E-state index in [9.17, 15) is 19.1 Å². The molecule has 3 heterocycles. The topological polar surface area (TPSA) is 84.2 Å². The third-order valence-electron chi connectivity index (χ3n) is 5.59. The summed E-state index contributed by atoms with van der Waals surface area (Å²) >= 11 is 0. The van der Waals surface area contributed by atoms with Crippen molar-refractivity contribution in [3.63, 3.8) is 0 Å². The lowest BCUT2D eigenvalue weighted by Gasteiger charge is -2.26. The summed E-state index contributed by atoms with van der Waals surface area (Å²) in [4.78, 5) is 30.3. The fraction of sp³-hybridized carbons (Fsp3) is 0.318. The van der Waals surface area contributed by atoms with Crippen molar-refractivity contribution >= 4 is 16.8 Å². The zero-order valence-electron chi connectivity index (χ0n) is 16.5. The van der Waals surface area contributed by atoms with Crippen molar-refractivity contribution in [1.29, 1.82) is 0 Å². The van der Waals surface area contributed by atoms with E-state index in [4.69, 9.17) is 0 Å². The number of carbonyl (C=O) groups excluding carboxylic acids is 1. The van der Waals surface area contributed by atoms with Crippen LogP contribution in [0.5, 0.6) is 5.75 Å². The van der Waals surface area contributed by atoms with E-state index in [1.165, 1.54) is 16.7 Å². The monoisotopic (exact) mass is 395 g/mol. The maximum Gasteiger partial charge on any atom is 0.267 e. The summed E-state index contributed by atoms with van der Waals surface area (Å²) < 4.78 is 15.6. The zero-order chi connectivity index (χ0) is 20.9. The van der Waals surface area contributed by atoms with Gasteiger partial charge in [-0.05, 0) is 62.9 Å². The smallest absolute Gasteiger partial charge is 0.267 e. The first kappa shape index (κ1) is 19.1.